The average Bonchev–Trinajstić information content (AvgIpc) is 2.84. The molecule has 0 unspecified atom stereocenters. The molecule has 0 aromatic rings. The first kappa shape index (κ1) is 8.05. The van der Waals surface area contributed by atoms with Gasteiger partial charge in [-0.2, -0.15) is 0 Å². The first-order valence-electron chi connectivity index (χ1n) is 4.76. The molecule has 1 N–H and O–H groups in total. The third-order valence-electron chi connectivity index (χ3n) is 3.00. The average molecular weight is 168 g/mol. The van der Waals surface area contributed by atoms with Crippen LogP contribution >= 0.6 is 0 Å². The number of nitrogens with one attached hydrogen (secondary N) is 1. The summed E-state index contributed by atoms with van der Waals surface area (Å²) in [6, 6.07) is 0.746. The van der Waals surface area contributed by atoms with E-state index in [1.54, 1.807) is 7.05 Å². The Morgan fingerprint density at radius 1 is 1.67 bits per heavy atom. The number of fused-ring (bicyclic) bond motifs is 1. The zero-order chi connectivity index (χ0) is 8.55. The van der Waals surface area contributed by atoms with E-state index in [-0.39, 0.29) is 5.91 Å². The van der Waals surface area contributed by atoms with E-state index >= 15 is 0 Å². The number of likely N-dealkylation sites (tertiary alicyclic amines) is 1. The lowest BCUT2D eigenvalue weighted by Crippen LogP contribution is -2.39. The molecule has 2 rings (SSSR count). The number of likely N-dealkylation sites (N-methyl/N-ethyl adjacent to an activating group) is 1. The van der Waals surface area contributed by atoms with Crippen molar-refractivity contribution in [3.05, 3.63) is 0 Å². The third kappa shape index (κ3) is 1.46. The van der Waals surface area contributed by atoms with Crippen LogP contribution in [0, 0.1) is 5.92 Å². The van der Waals surface area contributed by atoms with Gasteiger partial charge in [0.25, 0.3) is 0 Å². The smallest absolute Gasteiger partial charge is 0.233 e. The van der Waals surface area contributed by atoms with E-state index in [0.717, 1.165) is 18.5 Å². The van der Waals surface area contributed by atoms with Gasteiger partial charge >= 0.3 is 0 Å². The summed E-state index contributed by atoms with van der Waals surface area (Å²) in [4.78, 5) is 13.4. The molecule has 1 saturated heterocycles. The van der Waals surface area contributed by atoms with Crippen molar-refractivity contribution in [1.29, 1.82) is 0 Å². The van der Waals surface area contributed by atoms with Gasteiger partial charge in [-0.25, -0.2) is 0 Å². The minimum Gasteiger partial charge on any atom is -0.358 e. The number of nitrogens with zero attached hydrogens (tertiary/aromatic N) is 1. The topological polar surface area (TPSA) is 32.3 Å². The maximum Gasteiger partial charge on any atom is 0.233 e. The molecule has 2 atom stereocenters. The Morgan fingerprint density at radius 3 is 3.25 bits per heavy atom. The molecular formula is C9H16N2O. The summed E-state index contributed by atoms with van der Waals surface area (Å²) >= 11 is 0. The predicted octanol–water partition coefficient (Wildman–Crippen LogP) is 0.217. The number of rotatable bonds is 2. The number of carbonyl (C=O) groups is 1. The van der Waals surface area contributed by atoms with E-state index in [0.29, 0.717) is 6.54 Å². The number of hydrogen-bond donors (Lipinski definition) is 1. The summed E-state index contributed by atoms with van der Waals surface area (Å²) in [6.45, 7) is 1.73. The molecule has 3 heteroatoms. The molecule has 1 aliphatic heterocycles. The van der Waals surface area contributed by atoms with Gasteiger partial charge in [0.2, 0.25) is 5.91 Å². The van der Waals surface area contributed by atoms with E-state index in [2.05, 4.69) is 10.2 Å². The molecule has 1 saturated carbocycles. The SMILES string of the molecule is CNC(=O)CN1CCC[C@@H]2C[C@@H]21. The molecule has 0 spiro atoms. The van der Waals surface area contributed by atoms with E-state index in [1.165, 1.54) is 19.3 Å². The molecule has 2 aliphatic rings. The monoisotopic (exact) mass is 168 g/mol. The molecule has 1 aliphatic carbocycles. The van der Waals surface area contributed by atoms with Gasteiger partial charge in [0.15, 0.2) is 0 Å². The fourth-order valence-corrected chi connectivity index (χ4v) is 2.17. The Morgan fingerprint density at radius 2 is 2.50 bits per heavy atom. The maximum absolute atomic E-state index is 11.1. The Balaban J connectivity index is 1.83. The van der Waals surface area contributed by atoms with Crippen molar-refractivity contribution in [2.45, 2.75) is 25.3 Å². The van der Waals surface area contributed by atoms with Gasteiger partial charge in [-0.15, -0.1) is 0 Å². The Labute approximate surface area is 73.1 Å². The van der Waals surface area contributed by atoms with Crippen LogP contribution < -0.4 is 5.32 Å². The highest BCUT2D eigenvalue weighted by molar-refractivity contribution is 5.77. The second-order valence-corrected chi connectivity index (χ2v) is 3.85. The lowest BCUT2D eigenvalue weighted by atomic mass is 10.1. The number of hydrogen-bond acceptors (Lipinski definition) is 2. The molecule has 0 bridgehead atoms. The van der Waals surface area contributed by atoms with Gasteiger partial charge < -0.3 is 5.32 Å². The summed E-state index contributed by atoms with van der Waals surface area (Å²) in [7, 11) is 1.71. The summed E-state index contributed by atoms with van der Waals surface area (Å²) in [6.07, 6.45) is 3.99. The molecule has 0 aromatic heterocycles. The zero-order valence-electron chi connectivity index (χ0n) is 7.55. The molecule has 68 valence electrons. The fourth-order valence-electron chi connectivity index (χ4n) is 2.17. The fraction of sp³-hybridized carbons (Fsp3) is 0.889. The number of carbonyl (C=O) groups excluding carboxylic acids is 1. The van der Waals surface area contributed by atoms with Crippen LogP contribution in [0.25, 0.3) is 0 Å². The highest BCUT2D eigenvalue weighted by Gasteiger charge is 2.44. The van der Waals surface area contributed by atoms with E-state index < -0.39 is 0 Å². The standard InChI is InChI=1S/C9H16N2O/c1-10-9(12)6-11-4-2-3-7-5-8(7)11/h7-8H,2-6H2,1H3,(H,10,12)/t7-,8+/m1/s1. The first-order valence-corrected chi connectivity index (χ1v) is 4.76. The number of amides is 1. The van der Waals surface area contributed by atoms with Gasteiger partial charge in [-0.1, -0.05) is 0 Å². The van der Waals surface area contributed by atoms with Gasteiger partial charge in [-0.3, -0.25) is 9.69 Å². The molecule has 1 heterocycles. The van der Waals surface area contributed by atoms with E-state index in [4.69, 9.17) is 0 Å². The van der Waals surface area contributed by atoms with E-state index in [9.17, 15) is 4.79 Å². The maximum atomic E-state index is 11.1. The Bertz CT molecular complexity index is 193. The van der Waals surface area contributed by atoms with Crippen molar-refractivity contribution in [3.63, 3.8) is 0 Å². The van der Waals surface area contributed by atoms with Crippen molar-refractivity contribution in [2.24, 2.45) is 5.92 Å². The Kier molecular flexibility index (Phi) is 2.05. The lowest BCUT2D eigenvalue weighted by Gasteiger charge is -2.25. The van der Waals surface area contributed by atoms with E-state index in [1.807, 2.05) is 0 Å². The van der Waals surface area contributed by atoms with Crippen molar-refractivity contribution in [2.75, 3.05) is 20.1 Å². The molecule has 0 radical (unpaired) electrons. The summed E-state index contributed by atoms with van der Waals surface area (Å²) in [5.41, 5.74) is 0. The van der Waals surface area contributed by atoms with Crippen LogP contribution in [0.2, 0.25) is 0 Å². The van der Waals surface area contributed by atoms with Crippen LogP contribution in [-0.2, 0) is 4.79 Å². The van der Waals surface area contributed by atoms with Gasteiger partial charge in [0.1, 0.15) is 0 Å². The van der Waals surface area contributed by atoms with Crippen molar-refractivity contribution >= 4 is 5.91 Å². The number of piperidine rings is 1. The largest absolute Gasteiger partial charge is 0.358 e. The Hall–Kier alpha value is -0.570. The van der Waals surface area contributed by atoms with Crippen molar-refractivity contribution < 1.29 is 4.79 Å². The van der Waals surface area contributed by atoms with Crippen LogP contribution in [0.1, 0.15) is 19.3 Å². The van der Waals surface area contributed by atoms with Crippen LogP contribution in [-0.4, -0.2) is 37.0 Å². The molecular weight excluding hydrogens is 152 g/mol. The summed E-state index contributed by atoms with van der Waals surface area (Å²) in [5.74, 6) is 1.07. The molecule has 3 nitrogen and oxygen atoms in total. The molecule has 12 heavy (non-hydrogen) atoms. The minimum absolute atomic E-state index is 0.155. The summed E-state index contributed by atoms with van der Waals surface area (Å²) < 4.78 is 0. The highest BCUT2D eigenvalue weighted by atomic mass is 16.1. The quantitative estimate of drug-likeness (QED) is 0.639. The van der Waals surface area contributed by atoms with Gasteiger partial charge in [-0.05, 0) is 31.7 Å². The lowest BCUT2D eigenvalue weighted by molar-refractivity contribution is -0.122. The van der Waals surface area contributed by atoms with Crippen LogP contribution in [0.15, 0.2) is 0 Å². The molecule has 1 amide bonds. The first-order chi connectivity index (χ1) is 5.81. The van der Waals surface area contributed by atoms with Crippen LogP contribution in [0.4, 0.5) is 0 Å². The normalized spacial score (nSPS) is 34.1. The van der Waals surface area contributed by atoms with Gasteiger partial charge in [0.05, 0.1) is 6.54 Å². The zero-order valence-corrected chi connectivity index (χ0v) is 7.55. The predicted molar refractivity (Wildman–Crippen MR) is 46.8 cm³/mol. The minimum atomic E-state index is 0.155. The molecule has 2 fully saturated rings. The highest BCUT2D eigenvalue weighted by Crippen LogP contribution is 2.42. The van der Waals surface area contributed by atoms with Crippen LogP contribution in [0.3, 0.4) is 0 Å². The van der Waals surface area contributed by atoms with Crippen molar-refractivity contribution in [1.82, 2.24) is 10.2 Å². The summed E-state index contributed by atoms with van der Waals surface area (Å²) in [5, 5.41) is 2.67. The third-order valence-corrected chi connectivity index (χ3v) is 3.00. The van der Waals surface area contributed by atoms with Crippen molar-refractivity contribution in [3.8, 4) is 0 Å². The second kappa shape index (κ2) is 3.05. The van der Waals surface area contributed by atoms with Gasteiger partial charge in [0, 0.05) is 13.1 Å². The van der Waals surface area contributed by atoms with Crippen LogP contribution in [0.5, 0.6) is 0 Å². The molecule has 0 aromatic carbocycles. The second-order valence-electron chi connectivity index (χ2n) is 3.85.